The zero-order valence-electron chi connectivity index (χ0n) is 19.8. The largest absolute Gasteiger partial charge is 0.334 e. The lowest BCUT2D eigenvalue weighted by Crippen LogP contribution is -2.34. The summed E-state index contributed by atoms with van der Waals surface area (Å²) in [5, 5.41) is 0. The Morgan fingerprint density at radius 3 is 2.25 bits per heavy atom. The number of aryl methyl sites for hydroxylation is 1. The standard InChI is InChI=1S/C28H38N2O2/c1-3-4-8-13-24-16-18-25(19-17-24)28(32)29-20-11-6-5-7-12-21-30(23(2)31)27-15-10-9-14-26(27)22-29/h9-10,14-19H,3-8,11-13,20-22H2,1-2H3. The van der Waals surface area contributed by atoms with E-state index in [9.17, 15) is 9.59 Å². The highest BCUT2D eigenvalue weighted by atomic mass is 16.2. The molecule has 4 nitrogen and oxygen atoms in total. The van der Waals surface area contributed by atoms with Gasteiger partial charge in [0.2, 0.25) is 5.91 Å². The molecule has 3 rings (SSSR count). The summed E-state index contributed by atoms with van der Waals surface area (Å²) in [5.74, 6) is 0.136. The summed E-state index contributed by atoms with van der Waals surface area (Å²) < 4.78 is 0. The molecule has 4 heteroatoms. The van der Waals surface area contributed by atoms with Gasteiger partial charge in [0.25, 0.3) is 5.91 Å². The van der Waals surface area contributed by atoms with Crippen LogP contribution in [0.2, 0.25) is 0 Å². The van der Waals surface area contributed by atoms with Crippen LogP contribution in [0.1, 0.15) is 86.7 Å². The number of benzene rings is 2. The predicted octanol–water partition coefficient (Wildman–Crippen LogP) is 6.38. The van der Waals surface area contributed by atoms with Gasteiger partial charge in [-0.3, -0.25) is 9.59 Å². The third kappa shape index (κ3) is 6.69. The lowest BCUT2D eigenvalue weighted by atomic mass is 10.0. The molecule has 2 aromatic rings. The monoisotopic (exact) mass is 434 g/mol. The van der Waals surface area contributed by atoms with Gasteiger partial charge in [0.15, 0.2) is 0 Å². The maximum atomic E-state index is 13.5. The molecule has 0 fully saturated rings. The zero-order chi connectivity index (χ0) is 22.8. The minimum absolute atomic E-state index is 0.0612. The fourth-order valence-electron chi connectivity index (χ4n) is 4.49. The topological polar surface area (TPSA) is 40.6 Å². The van der Waals surface area contributed by atoms with Crippen LogP contribution in [0.5, 0.6) is 0 Å². The van der Waals surface area contributed by atoms with Gasteiger partial charge in [0.1, 0.15) is 0 Å². The molecule has 2 aromatic carbocycles. The Kier molecular flexibility index (Phi) is 9.33. The van der Waals surface area contributed by atoms with Crippen LogP contribution in [0.15, 0.2) is 48.5 Å². The minimum atomic E-state index is 0.0612. The quantitative estimate of drug-likeness (QED) is 0.512. The summed E-state index contributed by atoms with van der Waals surface area (Å²) in [6.45, 7) is 5.85. The number of carbonyl (C=O) groups is 2. The van der Waals surface area contributed by atoms with Gasteiger partial charge in [0, 0.05) is 37.8 Å². The number of fused-ring (bicyclic) bond motifs is 1. The van der Waals surface area contributed by atoms with Crippen molar-refractivity contribution in [1.29, 1.82) is 0 Å². The first kappa shape index (κ1) is 24.0. The SMILES string of the molecule is CCCCCc1ccc(C(=O)N2CCCCCCCN(C(C)=O)c3ccccc3C2)cc1. The van der Waals surface area contributed by atoms with Crippen LogP contribution in [-0.4, -0.2) is 29.8 Å². The number of anilines is 1. The highest BCUT2D eigenvalue weighted by Crippen LogP contribution is 2.25. The van der Waals surface area contributed by atoms with E-state index in [-0.39, 0.29) is 11.8 Å². The van der Waals surface area contributed by atoms with Crippen molar-refractivity contribution < 1.29 is 9.59 Å². The van der Waals surface area contributed by atoms with Crippen LogP contribution in [0.25, 0.3) is 0 Å². The van der Waals surface area contributed by atoms with Crippen LogP contribution >= 0.6 is 0 Å². The second kappa shape index (κ2) is 12.4. The minimum Gasteiger partial charge on any atom is -0.334 e. The van der Waals surface area contributed by atoms with Crippen LogP contribution in [0.3, 0.4) is 0 Å². The summed E-state index contributed by atoms with van der Waals surface area (Å²) in [6, 6.07) is 16.2. The predicted molar refractivity (Wildman–Crippen MR) is 132 cm³/mol. The zero-order valence-corrected chi connectivity index (χ0v) is 19.8. The van der Waals surface area contributed by atoms with Crippen molar-refractivity contribution in [3.63, 3.8) is 0 Å². The van der Waals surface area contributed by atoms with Crippen LogP contribution in [0.4, 0.5) is 5.69 Å². The van der Waals surface area contributed by atoms with E-state index in [1.54, 1.807) is 6.92 Å². The molecule has 0 N–H and O–H groups in total. The van der Waals surface area contributed by atoms with Crippen LogP contribution in [-0.2, 0) is 17.8 Å². The van der Waals surface area contributed by atoms with Crippen LogP contribution < -0.4 is 4.90 Å². The van der Waals surface area contributed by atoms with Gasteiger partial charge in [-0.05, 0) is 55.0 Å². The van der Waals surface area contributed by atoms with E-state index in [2.05, 4.69) is 19.1 Å². The Morgan fingerprint density at radius 2 is 1.53 bits per heavy atom. The average Bonchev–Trinajstić information content (AvgIpc) is 2.79. The molecule has 0 aromatic heterocycles. The summed E-state index contributed by atoms with van der Waals surface area (Å²) >= 11 is 0. The Hall–Kier alpha value is -2.62. The highest BCUT2D eigenvalue weighted by Gasteiger charge is 2.21. The molecular weight excluding hydrogens is 396 g/mol. The van der Waals surface area contributed by atoms with Gasteiger partial charge in [-0.2, -0.15) is 0 Å². The lowest BCUT2D eigenvalue weighted by molar-refractivity contribution is -0.116. The smallest absolute Gasteiger partial charge is 0.254 e. The number of unbranched alkanes of at least 4 members (excludes halogenated alkanes) is 2. The molecule has 32 heavy (non-hydrogen) atoms. The molecule has 1 aliphatic rings. The van der Waals surface area contributed by atoms with Gasteiger partial charge in [-0.25, -0.2) is 0 Å². The summed E-state index contributed by atoms with van der Waals surface area (Å²) in [7, 11) is 0. The third-order valence-electron chi connectivity index (χ3n) is 6.39. The fourth-order valence-corrected chi connectivity index (χ4v) is 4.49. The van der Waals surface area contributed by atoms with Gasteiger partial charge in [0.05, 0.1) is 0 Å². The first-order valence-corrected chi connectivity index (χ1v) is 12.3. The Morgan fingerprint density at radius 1 is 0.844 bits per heavy atom. The first-order chi connectivity index (χ1) is 15.6. The Balaban J connectivity index is 1.82. The van der Waals surface area contributed by atoms with E-state index < -0.39 is 0 Å². The van der Waals surface area contributed by atoms with Crippen LogP contribution in [0, 0.1) is 0 Å². The van der Waals surface area contributed by atoms with Gasteiger partial charge in [-0.15, -0.1) is 0 Å². The van der Waals surface area contributed by atoms with E-state index in [1.165, 1.54) is 24.8 Å². The van der Waals surface area contributed by atoms with E-state index in [4.69, 9.17) is 0 Å². The maximum Gasteiger partial charge on any atom is 0.254 e. The van der Waals surface area contributed by atoms with Crippen molar-refractivity contribution in [2.24, 2.45) is 0 Å². The van der Waals surface area contributed by atoms with E-state index in [0.29, 0.717) is 6.54 Å². The van der Waals surface area contributed by atoms with Crippen molar-refractivity contribution in [3.05, 3.63) is 65.2 Å². The van der Waals surface area contributed by atoms with E-state index in [1.807, 2.05) is 46.2 Å². The highest BCUT2D eigenvalue weighted by molar-refractivity contribution is 5.95. The molecule has 0 unspecified atom stereocenters. The van der Waals surface area contributed by atoms with Crippen molar-refractivity contribution in [3.8, 4) is 0 Å². The molecule has 0 radical (unpaired) electrons. The maximum absolute atomic E-state index is 13.5. The molecule has 0 saturated carbocycles. The normalized spacial score (nSPS) is 15.4. The van der Waals surface area contributed by atoms with Crippen molar-refractivity contribution in [2.45, 2.75) is 78.2 Å². The molecule has 0 atom stereocenters. The Bertz CT molecular complexity index is 875. The molecular formula is C28H38N2O2. The molecule has 172 valence electrons. The molecule has 0 saturated heterocycles. The number of rotatable bonds is 5. The number of amides is 2. The third-order valence-corrected chi connectivity index (χ3v) is 6.39. The summed E-state index contributed by atoms with van der Waals surface area (Å²) in [6.07, 6.45) is 10.1. The fraction of sp³-hybridized carbons (Fsp3) is 0.500. The van der Waals surface area contributed by atoms with Crippen molar-refractivity contribution in [2.75, 3.05) is 18.0 Å². The van der Waals surface area contributed by atoms with E-state index >= 15 is 0 Å². The average molecular weight is 435 g/mol. The van der Waals surface area contributed by atoms with Crippen molar-refractivity contribution in [1.82, 2.24) is 4.90 Å². The van der Waals surface area contributed by atoms with Gasteiger partial charge in [-0.1, -0.05) is 69.4 Å². The molecule has 0 bridgehead atoms. The van der Waals surface area contributed by atoms with Gasteiger partial charge >= 0.3 is 0 Å². The molecule has 0 aliphatic carbocycles. The lowest BCUT2D eigenvalue weighted by Gasteiger charge is -2.29. The van der Waals surface area contributed by atoms with Crippen molar-refractivity contribution >= 4 is 17.5 Å². The van der Waals surface area contributed by atoms with Gasteiger partial charge < -0.3 is 9.80 Å². The molecule has 1 heterocycles. The summed E-state index contributed by atoms with van der Waals surface area (Å²) in [5.41, 5.74) is 4.01. The van der Waals surface area contributed by atoms with E-state index in [0.717, 1.165) is 68.4 Å². The first-order valence-electron chi connectivity index (χ1n) is 12.3. The molecule has 1 aliphatic heterocycles. The number of para-hydroxylation sites is 1. The number of hydrogen-bond donors (Lipinski definition) is 0. The summed E-state index contributed by atoms with van der Waals surface area (Å²) in [4.78, 5) is 29.7. The Labute approximate surface area is 193 Å². The molecule has 0 spiro atoms. The second-order valence-corrected chi connectivity index (χ2v) is 8.95. The number of carbonyl (C=O) groups excluding carboxylic acids is 2. The number of nitrogens with zero attached hydrogens (tertiary/aromatic N) is 2. The molecule has 2 amide bonds. The number of hydrogen-bond acceptors (Lipinski definition) is 2. The second-order valence-electron chi connectivity index (χ2n) is 8.95.